The van der Waals surface area contributed by atoms with Crippen molar-refractivity contribution in [2.24, 2.45) is 5.92 Å². The van der Waals surface area contributed by atoms with Gasteiger partial charge >= 0.3 is 0 Å². The SMILES string of the molecule is CCCC(O)(CCC)CCCCCC(C)C. The number of unbranched alkanes of at least 4 members (excludes halogenated alkanes) is 2. The van der Waals surface area contributed by atoms with E-state index in [4.69, 9.17) is 0 Å². The molecule has 0 bridgehead atoms. The van der Waals surface area contributed by atoms with E-state index in [2.05, 4.69) is 27.7 Å². The zero-order valence-corrected chi connectivity index (χ0v) is 11.9. The lowest BCUT2D eigenvalue weighted by molar-refractivity contribution is 0.0105. The van der Waals surface area contributed by atoms with E-state index in [1.54, 1.807) is 0 Å². The minimum absolute atomic E-state index is 0.360. The van der Waals surface area contributed by atoms with E-state index >= 15 is 0 Å². The molecule has 0 rings (SSSR count). The van der Waals surface area contributed by atoms with Crippen LogP contribution in [0, 0.1) is 5.92 Å². The maximum absolute atomic E-state index is 10.4. The van der Waals surface area contributed by atoms with Crippen LogP contribution in [-0.2, 0) is 0 Å². The zero-order chi connectivity index (χ0) is 12.4. The van der Waals surface area contributed by atoms with Gasteiger partial charge in [-0.05, 0) is 25.2 Å². The Morgan fingerprint density at radius 1 is 0.875 bits per heavy atom. The molecule has 0 saturated heterocycles. The van der Waals surface area contributed by atoms with E-state index in [0.29, 0.717) is 0 Å². The van der Waals surface area contributed by atoms with Crippen LogP contribution < -0.4 is 0 Å². The second-order valence-electron chi connectivity index (χ2n) is 5.72. The largest absolute Gasteiger partial charge is 0.390 e. The van der Waals surface area contributed by atoms with Crippen molar-refractivity contribution in [1.29, 1.82) is 0 Å². The zero-order valence-electron chi connectivity index (χ0n) is 11.9. The molecule has 0 fully saturated rings. The molecule has 98 valence electrons. The van der Waals surface area contributed by atoms with Crippen molar-refractivity contribution in [1.82, 2.24) is 0 Å². The molecule has 0 aromatic rings. The number of hydrogen-bond donors (Lipinski definition) is 1. The predicted molar refractivity (Wildman–Crippen MR) is 72.7 cm³/mol. The fourth-order valence-corrected chi connectivity index (χ4v) is 2.49. The monoisotopic (exact) mass is 228 g/mol. The highest BCUT2D eigenvalue weighted by atomic mass is 16.3. The van der Waals surface area contributed by atoms with Gasteiger partial charge in [0.15, 0.2) is 0 Å². The van der Waals surface area contributed by atoms with Gasteiger partial charge in [0.25, 0.3) is 0 Å². The third-order valence-corrected chi connectivity index (χ3v) is 3.35. The summed E-state index contributed by atoms with van der Waals surface area (Å²) in [5.74, 6) is 0.824. The molecule has 0 spiro atoms. The van der Waals surface area contributed by atoms with Crippen molar-refractivity contribution < 1.29 is 5.11 Å². The molecule has 0 aromatic heterocycles. The van der Waals surface area contributed by atoms with Gasteiger partial charge < -0.3 is 5.11 Å². The van der Waals surface area contributed by atoms with Crippen molar-refractivity contribution in [3.8, 4) is 0 Å². The molecule has 1 N–H and O–H groups in total. The van der Waals surface area contributed by atoms with Crippen molar-refractivity contribution in [3.63, 3.8) is 0 Å². The Balaban J connectivity index is 3.67. The number of rotatable bonds is 10. The summed E-state index contributed by atoms with van der Waals surface area (Å²) in [6, 6.07) is 0. The molecule has 0 atom stereocenters. The third kappa shape index (κ3) is 8.15. The van der Waals surface area contributed by atoms with E-state index in [-0.39, 0.29) is 5.60 Å². The smallest absolute Gasteiger partial charge is 0.0647 e. The molecule has 0 amide bonds. The minimum Gasteiger partial charge on any atom is -0.390 e. The van der Waals surface area contributed by atoms with Gasteiger partial charge in [0, 0.05) is 0 Å². The maximum atomic E-state index is 10.4. The molecule has 0 unspecified atom stereocenters. The summed E-state index contributed by atoms with van der Waals surface area (Å²) in [5, 5.41) is 10.4. The van der Waals surface area contributed by atoms with Crippen LogP contribution in [0.3, 0.4) is 0 Å². The Morgan fingerprint density at radius 2 is 1.44 bits per heavy atom. The van der Waals surface area contributed by atoms with Gasteiger partial charge in [0.2, 0.25) is 0 Å². The average molecular weight is 228 g/mol. The minimum atomic E-state index is -0.360. The highest BCUT2D eigenvalue weighted by Crippen LogP contribution is 2.26. The first-order valence-electron chi connectivity index (χ1n) is 7.26. The Morgan fingerprint density at radius 3 is 1.88 bits per heavy atom. The number of hydrogen-bond acceptors (Lipinski definition) is 1. The summed E-state index contributed by atoms with van der Waals surface area (Å²) in [5.41, 5.74) is -0.360. The first-order valence-corrected chi connectivity index (χ1v) is 7.26. The molecule has 0 aliphatic heterocycles. The Labute approximate surface area is 103 Å². The molecule has 0 aromatic carbocycles. The average Bonchev–Trinajstić information content (AvgIpc) is 2.17. The molecule has 0 aliphatic carbocycles. The third-order valence-electron chi connectivity index (χ3n) is 3.35. The van der Waals surface area contributed by atoms with Crippen LogP contribution in [0.1, 0.15) is 85.5 Å². The van der Waals surface area contributed by atoms with Gasteiger partial charge in [-0.15, -0.1) is 0 Å². The Bertz CT molecular complexity index is 146. The lowest BCUT2D eigenvalue weighted by Gasteiger charge is -2.27. The van der Waals surface area contributed by atoms with Crippen molar-refractivity contribution in [2.75, 3.05) is 0 Å². The summed E-state index contributed by atoms with van der Waals surface area (Å²) in [7, 11) is 0. The topological polar surface area (TPSA) is 20.2 Å². The summed E-state index contributed by atoms with van der Waals surface area (Å²) in [6.45, 7) is 8.90. The lowest BCUT2D eigenvalue weighted by atomic mass is 9.87. The van der Waals surface area contributed by atoms with Crippen LogP contribution in [0.25, 0.3) is 0 Å². The number of aliphatic hydroxyl groups is 1. The molecule has 0 heterocycles. The maximum Gasteiger partial charge on any atom is 0.0647 e. The van der Waals surface area contributed by atoms with E-state index < -0.39 is 0 Å². The quantitative estimate of drug-likeness (QED) is 0.526. The summed E-state index contributed by atoms with van der Waals surface area (Å²) in [4.78, 5) is 0. The Hall–Kier alpha value is -0.0400. The molecule has 0 saturated carbocycles. The molecular formula is C15H32O. The van der Waals surface area contributed by atoms with Gasteiger partial charge in [0.05, 0.1) is 5.60 Å². The van der Waals surface area contributed by atoms with Crippen LogP contribution in [-0.4, -0.2) is 10.7 Å². The fraction of sp³-hybridized carbons (Fsp3) is 1.00. The molecular weight excluding hydrogens is 196 g/mol. The molecule has 0 aliphatic rings. The molecule has 0 radical (unpaired) electrons. The molecule has 16 heavy (non-hydrogen) atoms. The van der Waals surface area contributed by atoms with E-state index in [1.807, 2.05) is 0 Å². The van der Waals surface area contributed by atoms with Gasteiger partial charge in [-0.25, -0.2) is 0 Å². The lowest BCUT2D eigenvalue weighted by Crippen LogP contribution is -2.28. The predicted octanol–water partition coefficient (Wildman–Crippen LogP) is 4.92. The van der Waals surface area contributed by atoms with Gasteiger partial charge in [-0.3, -0.25) is 0 Å². The standard InChI is InChI=1S/C15H32O/c1-5-11-15(16,12-6-2)13-9-7-8-10-14(3)4/h14,16H,5-13H2,1-4H3. The summed E-state index contributed by atoms with van der Waals surface area (Å²) >= 11 is 0. The van der Waals surface area contributed by atoms with Crippen LogP contribution >= 0.6 is 0 Å². The summed E-state index contributed by atoms with van der Waals surface area (Å²) < 4.78 is 0. The second-order valence-corrected chi connectivity index (χ2v) is 5.72. The van der Waals surface area contributed by atoms with Crippen molar-refractivity contribution in [2.45, 2.75) is 91.1 Å². The molecule has 1 nitrogen and oxygen atoms in total. The first kappa shape index (κ1) is 16.0. The fourth-order valence-electron chi connectivity index (χ4n) is 2.49. The summed E-state index contributed by atoms with van der Waals surface area (Å²) in [6.07, 6.45) is 10.3. The Kier molecular flexibility index (Phi) is 9.02. The van der Waals surface area contributed by atoms with Crippen LogP contribution in [0.2, 0.25) is 0 Å². The van der Waals surface area contributed by atoms with E-state index in [0.717, 1.165) is 38.0 Å². The van der Waals surface area contributed by atoms with Crippen molar-refractivity contribution >= 4 is 0 Å². The van der Waals surface area contributed by atoms with Crippen LogP contribution in [0.5, 0.6) is 0 Å². The highest BCUT2D eigenvalue weighted by molar-refractivity contribution is 4.77. The highest BCUT2D eigenvalue weighted by Gasteiger charge is 2.23. The molecule has 1 heteroatoms. The van der Waals surface area contributed by atoms with Crippen molar-refractivity contribution in [3.05, 3.63) is 0 Å². The second kappa shape index (κ2) is 9.04. The van der Waals surface area contributed by atoms with E-state index in [9.17, 15) is 5.11 Å². The first-order chi connectivity index (χ1) is 7.54. The van der Waals surface area contributed by atoms with Gasteiger partial charge in [-0.2, -0.15) is 0 Å². The van der Waals surface area contributed by atoms with Crippen LogP contribution in [0.4, 0.5) is 0 Å². The van der Waals surface area contributed by atoms with E-state index in [1.165, 1.54) is 25.7 Å². The van der Waals surface area contributed by atoms with Crippen LogP contribution in [0.15, 0.2) is 0 Å². The van der Waals surface area contributed by atoms with Gasteiger partial charge in [-0.1, -0.05) is 66.2 Å². The van der Waals surface area contributed by atoms with Gasteiger partial charge in [0.1, 0.15) is 0 Å². The normalized spacial score (nSPS) is 12.4.